The van der Waals surface area contributed by atoms with Gasteiger partial charge < -0.3 is 4.90 Å². The van der Waals surface area contributed by atoms with E-state index >= 15 is 0 Å². The number of rotatable bonds is 3. The van der Waals surface area contributed by atoms with Crippen molar-refractivity contribution in [3.8, 4) is 0 Å². The van der Waals surface area contributed by atoms with Crippen LogP contribution in [-0.4, -0.2) is 24.9 Å². The molecule has 2 nitrogen and oxygen atoms in total. The molecule has 1 unspecified atom stereocenters. The summed E-state index contributed by atoms with van der Waals surface area (Å²) in [5, 5.41) is 1.05. The highest BCUT2D eigenvalue weighted by atomic mass is 35.5. The van der Waals surface area contributed by atoms with Gasteiger partial charge in [-0.15, -0.1) is 0 Å². The van der Waals surface area contributed by atoms with Gasteiger partial charge in [0, 0.05) is 10.6 Å². The summed E-state index contributed by atoms with van der Waals surface area (Å²) in [6, 6.07) is 5.62. The number of benzene rings is 1. The first-order chi connectivity index (χ1) is 8.58. The second-order valence-corrected chi connectivity index (χ2v) is 5.87. The SMILES string of the molecule is C[C@@H]1CCCC[NH+]1CC(=O)c1cc(Cl)ccc1Cl. The first-order valence-corrected chi connectivity index (χ1v) is 7.16. The average molecular weight is 287 g/mol. The average Bonchev–Trinajstić information content (AvgIpc) is 2.35. The van der Waals surface area contributed by atoms with Crippen molar-refractivity contribution < 1.29 is 9.69 Å². The van der Waals surface area contributed by atoms with E-state index in [0.717, 1.165) is 6.54 Å². The van der Waals surface area contributed by atoms with Gasteiger partial charge in [0.2, 0.25) is 5.78 Å². The Kier molecular flexibility index (Phi) is 4.66. The van der Waals surface area contributed by atoms with Gasteiger partial charge >= 0.3 is 0 Å². The number of hydrogen-bond donors (Lipinski definition) is 1. The lowest BCUT2D eigenvalue weighted by Crippen LogP contribution is -3.16. The van der Waals surface area contributed by atoms with Gasteiger partial charge in [-0.2, -0.15) is 0 Å². The van der Waals surface area contributed by atoms with Gasteiger partial charge in [0.25, 0.3) is 0 Å². The fraction of sp³-hybridized carbons (Fsp3) is 0.500. The maximum Gasteiger partial charge on any atom is 0.218 e. The summed E-state index contributed by atoms with van der Waals surface area (Å²) in [4.78, 5) is 13.6. The molecule has 0 amide bonds. The van der Waals surface area contributed by atoms with E-state index in [2.05, 4.69) is 6.92 Å². The molecule has 1 fully saturated rings. The lowest BCUT2D eigenvalue weighted by atomic mass is 10.0. The Bertz CT molecular complexity index is 447. The zero-order valence-corrected chi connectivity index (χ0v) is 12.0. The van der Waals surface area contributed by atoms with E-state index in [0.29, 0.717) is 28.2 Å². The Morgan fingerprint density at radius 3 is 2.89 bits per heavy atom. The summed E-state index contributed by atoms with van der Waals surface area (Å²) in [7, 11) is 0. The molecule has 4 heteroatoms. The van der Waals surface area contributed by atoms with E-state index in [-0.39, 0.29) is 5.78 Å². The molecule has 1 aromatic rings. The fourth-order valence-corrected chi connectivity index (χ4v) is 2.92. The fourth-order valence-electron chi connectivity index (χ4n) is 2.53. The third-order valence-corrected chi connectivity index (χ3v) is 4.26. The van der Waals surface area contributed by atoms with Gasteiger partial charge in [0.05, 0.1) is 17.6 Å². The van der Waals surface area contributed by atoms with Crippen LogP contribution < -0.4 is 4.90 Å². The number of quaternary nitrogens is 1. The Morgan fingerprint density at radius 2 is 2.17 bits per heavy atom. The number of likely N-dealkylation sites (tertiary alicyclic amines) is 1. The molecule has 1 aliphatic rings. The second kappa shape index (κ2) is 6.05. The summed E-state index contributed by atoms with van der Waals surface area (Å²) in [5.74, 6) is 0.0891. The third kappa shape index (κ3) is 3.25. The van der Waals surface area contributed by atoms with Gasteiger partial charge in [-0.05, 0) is 44.4 Å². The maximum atomic E-state index is 12.3. The van der Waals surface area contributed by atoms with Crippen molar-refractivity contribution in [3.63, 3.8) is 0 Å². The molecule has 1 saturated heterocycles. The molecule has 18 heavy (non-hydrogen) atoms. The van der Waals surface area contributed by atoms with E-state index in [9.17, 15) is 4.79 Å². The smallest absolute Gasteiger partial charge is 0.218 e. The van der Waals surface area contributed by atoms with Crippen LogP contribution in [0.15, 0.2) is 18.2 Å². The summed E-state index contributed by atoms with van der Waals surface area (Å²) >= 11 is 12.0. The van der Waals surface area contributed by atoms with Gasteiger partial charge in [0.15, 0.2) is 0 Å². The summed E-state index contributed by atoms with van der Waals surface area (Å²) in [6.07, 6.45) is 3.68. The molecule has 0 saturated carbocycles. The molecule has 1 aromatic carbocycles. The topological polar surface area (TPSA) is 21.5 Å². The summed E-state index contributed by atoms with van der Waals surface area (Å²) < 4.78 is 0. The van der Waals surface area contributed by atoms with Crippen molar-refractivity contribution in [3.05, 3.63) is 33.8 Å². The lowest BCUT2D eigenvalue weighted by molar-refractivity contribution is -0.920. The Balaban J connectivity index is 2.09. The molecule has 1 heterocycles. The number of carbonyl (C=O) groups excluding carboxylic acids is 1. The van der Waals surface area contributed by atoms with Crippen molar-refractivity contribution in [2.45, 2.75) is 32.2 Å². The predicted molar refractivity (Wildman–Crippen MR) is 74.8 cm³/mol. The molecule has 0 aliphatic carbocycles. The van der Waals surface area contributed by atoms with E-state index in [1.165, 1.54) is 24.2 Å². The molecule has 2 atom stereocenters. The van der Waals surface area contributed by atoms with Crippen LogP contribution >= 0.6 is 23.2 Å². The number of Topliss-reactive ketones (excluding diaryl/α,β-unsaturated/α-hetero) is 1. The Morgan fingerprint density at radius 1 is 1.39 bits per heavy atom. The van der Waals surface area contributed by atoms with Gasteiger partial charge in [-0.3, -0.25) is 4.79 Å². The highest BCUT2D eigenvalue weighted by Crippen LogP contribution is 2.20. The van der Waals surface area contributed by atoms with E-state index in [1.807, 2.05) is 0 Å². The van der Waals surface area contributed by atoms with Crippen LogP contribution in [0.2, 0.25) is 10.0 Å². The van der Waals surface area contributed by atoms with Crippen LogP contribution in [-0.2, 0) is 0 Å². The zero-order valence-electron chi connectivity index (χ0n) is 10.5. The van der Waals surface area contributed by atoms with Gasteiger partial charge in [-0.25, -0.2) is 0 Å². The number of hydrogen-bond acceptors (Lipinski definition) is 1. The third-order valence-electron chi connectivity index (χ3n) is 3.70. The zero-order chi connectivity index (χ0) is 13.1. The molecule has 0 radical (unpaired) electrons. The molecule has 0 aromatic heterocycles. The highest BCUT2D eigenvalue weighted by Gasteiger charge is 2.25. The molecule has 1 N–H and O–H groups in total. The Labute approximate surface area is 118 Å². The van der Waals surface area contributed by atoms with Crippen molar-refractivity contribution in [1.82, 2.24) is 0 Å². The minimum Gasteiger partial charge on any atom is -0.326 e. The van der Waals surface area contributed by atoms with Crippen LogP contribution in [0.1, 0.15) is 36.5 Å². The summed E-state index contributed by atoms with van der Waals surface area (Å²) in [6.45, 7) is 3.80. The van der Waals surface area contributed by atoms with Gasteiger partial charge in [-0.1, -0.05) is 23.2 Å². The molecule has 2 rings (SSSR count). The minimum absolute atomic E-state index is 0.0891. The molecule has 98 valence electrons. The Hall–Kier alpha value is -0.570. The molecule has 0 spiro atoms. The van der Waals surface area contributed by atoms with Crippen molar-refractivity contribution in [2.24, 2.45) is 0 Å². The van der Waals surface area contributed by atoms with Crippen molar-refractivity contribution >= 4 is 29.0 Å². The molecular formula is C14H18Cl2NO+. The number of halogens is 2. The minimum atomic E-state index is 0.0891. The quantitative estimate of drug-likeness (QED) is 0.848. The highest BCUT2D eigenvalue weighted by molar-refractivity contribution is 6.35. The van der Waals surface area contributed by atoms with E-state index in [1.54, 1.807) is 18.2 Å². The number of piperidine rings is 1. The normalized spacial score (nSPS) is 23.9. The number of nitrogens with one attached hydrogen (secondary N) is 1. The number of ketones is 1. The van der Waals surface area contributed by atoms with Crippen molar-refractivity contribution in [2.75, 3.05) is 13.1 Å². The first-order valence-electron chi connectivity index (χ1n) is 6.41. The molecule has 1 aliphatic heterocycles. The van der Waals surface area contributed by atoms with E-state index in [4.69, 9.17) is 23.2 Å². The summed E-state index contributed by atoms with van der Waals surface area (Å²) in [5.41, 5.74) is 0.550. The first kappa shape index (κ1) is 13.9. The second-order valence-electron chi connectivity index (χ2n) is 5.03. The largest absolute Gasteiger partial charge is 0.326 e. The van der Waals surface area contributed by atoms with Crippen LogP contribution in [0.5, 0.6) is 0 Å². The van der Waals surface area contributed by atoms with Crippen LogP contribution in [0.3, 0.4) is 0 Å². The maximum absolute atomic E-state index is 12.3. The molecular weight excluding hydrogens is 269 g/mol. The molecule has 0 bridgehead atoms. The van der Waals surface area contributed by atoms with Crippen LogP contribution in [0, 0.1) is 0 Å². The van der Waals surface area contributed by atoms with E-state index < -0.39 is 0 Å². The van der Waals surface area contributed by atoms with Crippen LogP contribution in [0.25, 0.3) is 0 Å². The van der Waals surface area contributed by atoms with Crippen molar-refractivity contribution in [1.29, 1.82) is 0 Å². The lowest BCUT2D eigenvalue weighted by Gasteiger charge is -2.29. The van der Waals surface area contributed by atoms with Crippen LogP contribution in [0.4, 0.5) is 0 Å². The standard InChI is InChI=1S/C14H17Cl2NO/c1-10-4-2-3-7-17(10)9-14(18)12-8-11(15)5-6-13(12)16/h5-6,8,10H,2-4,7,9H2,1H3/p+1/t10-/m1/s1. The van der Waals surface area contributed by atoms with Gasteiger partial charge in [0.1, 0.15) is 6.54 Å². The number of carbonyl (C=O) groups is 1. The monoisotopic (exact) mass is 286 g/mol. The predicted octanol–water partition coefficient (Wildman–Crippen LogP) is 2.63.